The van der Waals surface area contributed by atoms with Crippen molar-refractivity contribution in [3.63, 3.8) is 0 Å². The van der Waals surface area contributed by atoms with E-state index in [0.717, 1.165) is 6.54 Å². The molecule has 0 spiro atoms. The van der Waals surface area contributed by atoms with Crippen molar-refractivity contribution in [2.75, 3.05) is 32.7 Å². The van der Waals surface area contributed by atoms with Gasteiger partial charge in [-0.2, -0.15) is 0 Å². The second-order valence-electron chi connectivity index (χ2n) is 5.65. The molecular formula is C18H42N2. The molecule has 0 saturated heterocycles. The number of nitrogens with zero attached hydrogens (tertiary/aromatic N) is 1. The van der Waals surface area contributed by atoms with E-state index in [4.69, 9.17) is 0 Å². The van der Waals surface area contributed by atoms with Gasteiger partial charge >= 0.3 is 0 Å². The highest BCUT2D eigenvalue weighted by molar-refractivity contribution is 4.60. The molecule has 0 radical (unpaired) electrons. The van der Waals surface area contributed by atoms with Crippen molar-refractivity contribution in [1.29, 1.82) is 0 Å². The zero-order valence-electron chi connectivity index (χ0n) is 15.1. The van der Waals surface area contributed by atoms with Crippen molar-refractivity contribution < 1.29 is 0 Å². The number of nitrogens with one attached hydrogen (secondary N) is 1. The van der Waals surface area contributed by atoms with Crippen LogP contribution in [0.25, 0.3) is 0 Å². The Morgan fingerprint density at radius 2 is 1.05 bits per heavy atom. The number of unbranched alkanes of at least 4 members (excludes halogenated alkanes) is 4. The molecule has 0 fully saturated rings. The van der Waals surface area contributed by atoms with Crippen molar-refractivity contribution >= 4 is 0 Å². The first-order valence-corrected chi connectivity index (χ1v) is 9.19. The Morgan fingerprint density at radius 1 is 0.550 bits per heavy atom. The normalized spacial score (nSPS) is 10.5. The summed E-state index contributed by atoms with van der Waals surface area (Å²) in [5, 5.41) is 3.53. The Hall–Kier alpha value is -0.0800. The van der Waals surface area contributed by atoms with Crippen molar-refractivity contribution in [3.05, 3.63) is 0 Å². The summed E-state index contributed by atoms with van der Waals surface area (Å²) in [5.41, 5.74) is 0. The molecule has 0 aromatic rings. The minimum Gasteiger partial charge on any atom is -0.315 e. The van der Waals surface area contributed by atoms with Gasteiger partial charge in [0.15, 0.2) is 0 Å². The third-order valence-electron chi connectivity index (χ3n) is 3.47. The Kier molecular flexibility index (Phi) is 23.6. The molecule has 0 aliphatic carbocycles. The lowest BCUT2D eigenvalue weighted by molar-refractivity contribution is 0.265. The molecule has 0 bridgehead atoms. The first-order valence-electron chi connectivity index (χ1n) is 9.19. The maximum atomic E-state index is 3.53. The number of hydrogen-bond donors (Lipinski definition) is 1. The van der Waals surface area contributed by atoms with Crippen LogP contribution in [-0.4, -0.2) is 37.6 Å². The third-order valence-corrected chi connectivity index (χ3v) is 3.47. The van der Waals surface area contributed by atoms with Gasteiger partial charge in [0, 0.05) is 13.1 Å². The molecule has 20 heavy (non-hydrogen) atoms. The Bertz CT molecular complexity index is 138. The lowest BCUT2D eigenvalue weighted by Crippen LogP contribution is -2.34. The highest BCUT2D eigenvalue weighted by Gasteiger charge is 2.02. The summed E-state index contributed by atoms with van der Waals surface area (Å²) >= 11 is 0. The smallest absolute Gasteiger partial charge is 0.0107 e. The van der Waals surface area contributed by atoms with E-state index in [2.05, 4.69) is 44.8 Å². The van der Waals surface area contributed by atoms with Gasteiger partial charge in [-0.25, -0.2) is 0 Å². The summed E-state index contributed by atoms with van der Waals surface area (Å²) in [6, 6.07) is 0. The van der Waals surface area contributed by atoms with Crippen LogP contribution >= 0.6 is 0 Å². The van der Waals surface area contributed by atoms with Gasteiger partial charge in [0.2, 0.25) is 0 Å². The molecule has 0 amide bonds. The van der Waals surface area contributed by atoms with Crippen LogP contribution in [0.3, 0.4) is 0 Å². The summed E-state index contributed by atoms with van der Waals surface area (Å²) in [7, 11) is 0. The lowest BCUT2D eigenvalue weighted by Gasteiger charge is -2.22. The molecule has 0 atom stereocenters. The molecular weight excluding hydrogens is 244 g/mol. The maximum Gasteiger partial charge on any atom is 0.0107 e. The molecule has 1 N–H and O–H groups in total. The highest BCUT2D eigenvalue weighted by Crippen LogP contribution is 1.98. The topological polar surface area (TPSA) is 15.3 Å². The van der Waals surface area contributed by atoms with E-state index < -0.39 is 0 Å². The molecule has 0 aromatic carbocycles. The number of hydrogen-bond acceptors (Lipinski definition) is 2. The summed E-state index contributed by atoms with van der Waals surface area (Å²) in [5.74, 6) is 0. The van der Waals surface area contributed by atoms with Gasteiger partial charge in [-0.1, -0.05) is 66.7 Å². The summed E-state index contributed by atoms with van der Waals surface area (Å²) in [6.07, 6.45) is 10.6. The second-order valence-corrected chi connectivity index (χ2v) is 5.65. The minimum atomic E-state index is 1.16. The molecule has 2 heteroatoms. The van der Waals surface area contributed by atoms with Crippen LogP contribution in [0.15, 0.2) is 0 Å². The van der Waals surface area contributed by atoms with Crippen molar-refractivity contribution in [3.8, 4) is 0 Å². The van der Waals surface area contributed by atoms with Crippen LogP contribution in [0, 0.1) is 0 Å². The molecule has 0 aliphatic rings. The maximum absolute atomic E-state index is 3.53. The molecule has 0 unspecified atom stereocenters. The Balaban J connectivity index is 0. The zero-order chi connectivity index (χ0) is 15.5. The monoisotopic (exact) mass is 286 g/mol. The standard InChI is InChI=1S/C14H32N2.C4H10/c1-4-7-10-15-11-14-16(12-8-5-2)13-9-6-3;1-3-4-2/h15H,4-14H2,1-3H3;3-4H2,1-2H3. The molecule has 0 aromatic heterocycles. The van der Waals surface area contributed by atoms with Gasteiger partial charge in [-0.05, 0) is 38.9 Å². The Labute approximate surface area is 129 Å². The van der Waals surface area contributed by atoms with Crippen LogP contribution in [0.5, 0.6) is 0 Å². The van der Waals surface area contributed by atoms with E-state index in [-0.39, 0.29) is 0 Å². The SMILES string of the molecule is CCCC.CCCCNCCN(CCCC)CCCC. The lowest BCUT2D eigenvalue weighted by atomic mass is 10.2. The zero-order valence-corrected chi connectivity index (χ0v) is 15.1. The van der Waals surface area contributed by atoms with Crippen LogP contribution in [0.2, 0.25) is 0 Å². The Morgan fingerprint density at radius 3 is 1.45 bits per heavy atom. The van der Waals surface area contributed by atoms with Gasteiger partial charge in [-0.15, -0.1) is 0 Å². The average molecular weight is 287 g/mol. The predicted octanol–water partition coefficient (Wildman–Crippen LogP) is 5.08. The highest BCUT2D eigenvalue weighted by atomic mass is 15.1. The van der Waals surface area contributed by atoms with E-state index in [1.165, 1.54) is 77.5 Å². The van der Waals surface area contributed by atoms with Gasteiger partial charge in [0.05, 0.1) is 0 Å². The van der Waals surface area contributed by atoms with E-state index in [9.17, 15) is 0 Å². The summed E-state index contributed by atoms with van der Waals surface area (Å²) in [6.45, 7) is 17.3. The van der Waals surface area contributed by atoms with Gasteiger partial charge in [-0.3, -0.25) is 0 Å². The molecule has 124 valence electrons. The minimum absolute atomic E-state index is 1.16. The quantitative estimate of drug-likeness (QED) is 0.475. The molecule has 0 aliphatic heterocycles. The van der Waals surface area contributed by atoms with Gasteiger partial charge in [0.25, 0.3) is 0 Å². The first-order chi connectivity index (χ1) is 9.76. The average Bonchev–Trinajstić information content (AvgIpc) is 2.49. The molecule has 2 nitrogen and oxygen atoms in total. The summed E-state index contributed by atoms with van der Waals surface area (Å²) < 4.78 is 0. The first kappa shape index (κ1) is 22.2. The second kappa shape index (κ2) is 21.2. The predicted molar refractivity (Wildman–Crippen MR) is 94.6 cm³/mol. The fourth-order valence-electron chi connectivity index (χ4n) is 1.76. The van der Waals surface area contributed by atoms with E-state index >= 15 is 0 Å². The summed E-state index contributed by atoms with van der Waals surface area (Å²) in [4.78, 5) is 2.62. The molecule has 0 rings (SSSR count). The fraction of sp³-hybridized carbons (Fsp3) is 1.00. The fourth-order valence-corrected chi connectivity index (χ4v) is 1.76. The molecule has 0 heterocycles. The van der Waals surface area contributed by atoms with E-state index in [0.29, 0.717) is 0 Å². The number of rotatable bonds is 13. The van der Waals surface area contributed by atoms with Gasteiger partial charge < -0.3 is 10.2 Å². The van der Waals surface area contributed by atoms with Crippen molar-refractivity contribution in [2.24, 2.45) is 0 Å². The third kappa shape index (κ3) is 20.2. The van der Waals surface area contributed by atoms with E-state index in [1.807, 2.05) is 0 Å². The van der Waals surface area contributed by atoms with Crippen LogP contribution in [0.1, 0.15) is 86.0 Å². The van der Waals surface area contributed by atoms with Crippen molar-refractivity contribution in [2.45, 2.75) is 86.0 Å². The van der Waals surface area contributed by atoms with E-state index in [1.54, 1.807) is 0 Å². The van der Waals surface area contributed by atoms with Crippen molar-refractivity contribution in [1.82, 2.24) is 10.2 Å². The molecule has 0 saturated carbocycles. The largest absolute Gasteiger partial charge is 0.315 e. The van der Waals surface area contributed by atoms with Crippen LogP contribution in [-0.2, 0) is 0 Å². The van der Waals surface area contributed by atoms with Crippen LogP contribution < -0.4 is 5.32 Å². The van der Waals surface area contributed by atoms with Crippen LogP contribution in [0.4, 0.5) is 0 Å². The van der Waals surface area contributed by atoms with Gasteiger partial charge in [0.1, 0.15) is 0 Å².